The second kappa shape index (κ2) is 6.92. The van der Waals surface area contributed by atoms with Crippen LogP contribution in [0.4, 0.5) is 11.4 Å². The van der Waals surface area contributed by atoms with Crippen molar-refractivity contribution in [3.05, 3.63) is 69.1 Å². The number of rotatable bonds is 3. The van der Waals surface area contributed by atoms with Crippen molar-refractivity contribution in [2.24, 2.45) is 23.7 Å². The zero-order valence-electron chi connectivity index (χ0n) is 15.1. The lowest BCUT2D eigenvalue weighted by molar-refractivity contribution is -0.123. The highest BCUT2D eigenvalue weighted by Crippen LogP contribution is 2.53. The molecular weight excluding hydrogens is 500 g/mol. The van der Waals surface area contributed by atoms with Crippen molar-refractivity contribution < 1.29 is 14.4 Å². The number of allylic oxidation sites excluding steroid dienone is 2. The van der Waals surface area contributed by atoms with Gasteiger partial charge in [0.25, 0.3) is 5.91 Å². The average Bonchev–Trinajstić information content (AvgIpc) is 3.38. The molecule has 1 saturated carbocycles. The summed E-state index contributed by atoms with van der Waals surface area (Å²) in [4.78, 5) is 39.7. The van der Waals surface area contributed by atoms with E-state index in [0.29, 0.717) is 16.9 Å². The molecule has 0 radical (unpaired) electrons. The fraction of sp³-hybridized carbons (Fsp3) is 0.227. The van der Waals surface area contributed by atoms with E-state index in [2.05, 4.69) is 49.3 Å². The molecule has 3 aliphatic rings. The number of carbonyl (C=O) groups excluding carboxylic acids is 3. The molecule has 2 bridgehead atoms. The van der Waals surface area contributed by atoms with Crippen molar-refractivity contribution in [3.8, 4) is 0 Å². The number of carbonyl (C=O) groups is 3. The number of nitrogens with zero attached hydrogens (tertiary/aromatic N) is 1. The Hall–Kier alpha value is -2.25. The number of fused-ring (bicyclic) bond motifs is 5. The van der Waals surface area contributed by atoms with E-state index in [1.165, 1.54) is 4.90 Å². The van der Waals surface area contributed by atoms with Crippen LogP contribution >= 0.6 is 31.9 Å². The van der Waals surface area contributed by atoms with Crippen molar-refractivity contribution >= 4 is 61.0 Å². The van der Waals surface area contributed by atoms with Gasteiger partial charge in [0.1, 0.15) is 0 Å². The summed E-state index contributed by atoms with van der Waals surface area (Å²) in [6, 6.07) is 12.1. The highest BCUT2D eigenvalue weighted by atomic mass is 79.9. The molecule has 1 N–H and O–H groups in total. The van der Waals surface area contributed by atoms with Crippen LogP contribution in [-0.4, -0.2) is 17.7 Å². The summed E-state index contributed by atoms with van der Waals surface area (Å²) in [5, 5.41) is 2.85. The molecule has 2 aliphatic carbocycles. The maximum atomic E-state index is 12.9. The molecule has 4 atom stereocenters. The topological polar surface area (TPSA) is 66.5 Å². The van der Waals surface area contributed by atoms with E-state index in [-0.39, 0.29) is 41.4 Å². The Morgan fingerprint density at radius 2 is 1.55 bits per heavy atom. The molecule has 3 amide bonds. The van der Waals surface area contributed by atoms with Crippen LogP contribution in [0.3, 0.4) is 0 Å². The normalized spacial score (nSPS) is 26.9. The van der Waals surface area contributed by atoms with Crippen LogP contribution in [0.15, 0.2) is 63.6 Å². The van der Waals surface area contributed by atoms with Gasteiger partial charge >= 0.3 is 0 Å². The number of anilines is 2. The summed E-state index contributed by atoms with van der Waals surface area (Å²) in [7, 11) is 0. The molecule has 5 nitrogen and oxygen atoms in total. The fourth-order valence-electron chi connectivity index (χ4n) is 4.70. The van der Waals surface area contributed by atoms with Gasteiger partial charge in [-0.25, -0.2) is 0 Å². The first-order valence-corrected chi connectivity index (χ1v) is 11.0. The lowest BCUT2D eigenvalue weighted by Crippen LogP contribution is -2.32. The predicted molar refractivity (Wildman–Crippen MR) is 116 cm³/mol. The Balaban J connectivity index is 1.35. The van der Waals surface area contributed by atoms with E-state index in [1.54, 1.807) is 30.3 Å². The Labute approximate surface area is 184 Å². The van der Waals surface area contributed by atoms with E-state index in [9.17, 15) is 14.4 Å². The SMILES string of the molecule is O=C(Nc1ccc(Br)cc1Br)c1ccc(N2C(=O)[C@@H]3[C@H](C2=O)[C@@H]2C=C[C@H]3C2)cc1. The summed E-state index contributed by atoms with van der Waals surface area (Å²) >= 11 is 6.80. The molecule has 1 heterocycles. The zero-order valence-corrected chi connectivity index (χ0v) is 18.3. The van der Waals surface area contributed by atoms with Crippen molar-refractivity contribution in [2.45, 2.75) is 6.42 Å². The molecular formula is C22H16Br2N2O3. The van der Waals surface area contributed by atoms with Gasteiger partial charge in [0.2, 0.25) is 11.8 Å². The van der Waals surface area contributed by atoms with Crippen molar-refractivity contribution in [1.82, 2.24) is 0 Å². The van der Waals surface area contributed by atoms with Crippen LogP contribution in [0.1, 0.15) is 16.8 Å². The second-order valence-electron chi connectivity index (χ2n) is 7.64. The minimum absolute atomic E-state index is 0.118. The number of imide groups is 1. The molecule has 2 aromatic carbocycles. The molecule has 2 fully saturated rings. The molecule has 0 unspecified atom stereocenters. The number of halogens is 2. The first-order chi connectivity index (χ1) is 13.9. The summed E-state index contributed by atoms with van der Waals surface area (Å²) in [6.07, 6.45) is 5.06. The zero-order chi connectivity index (χ0) is 20.3. The highest BCUT2D eigenvalue weighted by Gasteiger charge is 2.59. The standard InChI is InChI=1S/C22H16Br2N2O3/c23-14-5-8-17(16(24)10-14)25-20(27)11-3-6-15(7-4-11)26-21(28)18-12-1-2-13(9-12)19(18)22(26)29/h1-8,10,12-13,18-19H,9H2,(H,25,27)/t12-,13+,18-,19+. The number of benzene rings is 2. The molecule has 1 aliphatic heterocycles. The first-order valence-electron chi connectivity index (χ1n) is 9.36. The Morgan fingerprint density at radius 3 is 2.14 bits per heavy atom. The summed E-state index contributed by atoms with van der Waals surface area (Å²) in [5.74, 6) is -0.592. The molecule has 2 aromatic rings. The molecule has 0 spiro atoms. The van der Waals surface area contributed by atoms with Crippen LogP contribution in [-0.2, 0) is 9.59 Å². The average molecular weight is 516 g/mol. The summed E-state index contributed by atoms with van der Waals surface area (Å²) < 4.78 is 1.67. The van der Waals surface area contributed by atoms with Gasteiger partial charge < -0.3 is 5.32 Å². The van der Waals surface area contributed by atoms with Crippen LogP contribution < -0.4 is 10.2 Å². The fourth-order valence-corrected chi connectivity index (χ4v) is 5.85. The number of amides is 3. The second-order valence-corrected chi connectivity index (χ2v) is 9.41. The molecule has 0 aromatic heterocycles. The number of hydrogen-bond donors (Lipinski definition) is 1. The summed E-state index contributed by atoms with van der Waals surface area (Å²) in [5.41, 5.74) is 1.63. The van der Waals surface area contributed by atoms with Crippen LogP contribution in [0.2, 0.25) is 0 Å². The molecule has 146 valence electrons. The van der Waals surface area contributed by atoms with Gasteiger partial charge in [-0.2, -0.15) is 0 Å². The van der Waals surface area contributed by atoms with Crippen molar-refractivity contribution in [3.63, 3.8) is 0 Å². The minimum atomic E-state index is -0.266. The van der Waals surface area contributed by atoms with Gasteiger partial charge in [0.15, 0.2) is 0 Å². The largest absolute Gasteiger partial charge is 0.321 e. The third-order valence-electron chi connectivity index (χ3n) is 6.04. The molecule has 1 saturated heterocycles. The number of nitrogens with one attached hydrogen (secondary N) is 1. The highest BCUT2D eigenvalue weighted by molar-refractivity contribution is 9.11. The third kappa shape index (κ3) is 2.99. The monoisotopic (exact) mass is 514 g/mol. The minimum Gasteiger partial charge on any atom is -0.321 e. The predicted octanol–water partition coefficient (Wildman–Crippen LogP) is 4.78. The van der Waals surface area contributed by atoms with E-state index in [4.69, 9.17) is 0 Å². The Bertz CT molecular complexity index is 1050. The molecule has 7 heteroatoms. The lowest BCUT2D eigenvalue weighted by Gasteiger charge is -2.17. The number of hydrogen-bond acceptors (Lipinski definition) is 3. The van der Waals surface area contributed by atoms with Crippen LogP contribution in [0, 0.1) is 23.7 Å². The lowest BCUT2D eigenvalue weighted by atomic mass is 9.85. The maximum absolute atomic E-state index is 12.9. The quantitative estimate of drug-likeness (QED) is 0.472. The van der Waals surface area contributed by atoms with Gasteiger partial charge in [-0.05, 0) is 76.7 Å². The van der Waals surface area contributed by atoms with Crippen molar-refractivity contribution in [2.75, 3.05) is 10.2 Å². The van der Waals surface area contributed by atoms with Crippen LogP contribution in [0.25, 0.3) is 0 Å². The van der Waals surface area contributed by atoms with Crippen LogP contribution in [0.5, 0.6) is 0 Å². The Kier molecular flexibility index (Phi) is 4.47. The van der Waals surface area contributed by atoms with E-state index >= 15 is 0 Å². The smallest absolute Gasteiger partial charge is 0.255 e. The van der Waals surface area contributed by atoms with Gasteiger partial charge in [-0.3, -0.25) is 19.3 Å². The maximum Gasteiger partial charge on any atom is 0.255 e. The summed E-state index contributed by atoms with van der Waals surface area (Å²) in [6.45, 7) is 0. The van der Waals surface area contributed by atoms with E-state index in [1.807, 2.05) is 12.1 Å². The van der Waals surface area contributed by atoms with E-state index in [0.717, 1.165) is 15.4 Å². The van der Waals surface area contributed by atoms with E-state index < -0.39 is 0 Å². The van der Waals surface area contributed by atoms with Gasteiger partial charge in [-0.15, -0.1) is 0 Å². The third-order valence-corrected chi connectivity index (χ3v) is 7.19. The Morgan fingerprint density at radius 1 is 0.931 bits per heavy atom. The van der Waals surface area contributed by atoms with Gasteiger partial charge in [-0.1, -0.05) is 28.1 Å². The molecule has 29 heavy (non-hydrogen) atoms. The van der Waals surface area contributed by atoms with Gasteiger partial charge in [0.05, 0.1) is 23.2 Å². The van der Waals surface area contributed by atoms with Gasteiger partial charge in [0, 0.05) is 14.5 Å². The van der Waals surface area contributed by atoms with Crippen molar-refractivity contribution in [1.29, 1.82) is 0 Å². The first kappa shape index (κ1) is 18.8. The molecule has 5 rings (SSSR count).